The highest BCUT2D eigenvalue weighted by Crippen LogP contribution is 2.30. The Balaban J connectivity index is 1.37. The van der Waals surface area contributed by atoms with Crippen molar-refractivity contribution in [1.29, 1.82) is 0 Å². The van der Waals surface area contributed by atoms with E-state index in [4.69, 9.17) is 24.7 Å². The van der Waals surface area contributed by atoms with Crippen molar-refractivity contribution < 1.29 is 33.3 Å². The highest BCUT2D eigenvalue weighted by Gasteiger charge is 2.24. The number of nitrogens with two attached hydrogens (primary N) is 1. The van der Waals surface area contributed by atoms with E-state index in [-0.39, 0.29) is 13.2 Å². The van der Waals surface area contributed by atoms with Gasteiger partial charge in [-0.3, -0.25) is 14.5 Å². The third-order valence-electron chi connectivity index (χ3n) is 8.39. The molecule has 0 radical (unpaired) electrons. The van der Waals surface area contributed by atoms with Gasteiger partial charge in [-0.2, -0.15) is 0 Å². The molecule has 0 bridgehead atoms. The number of hydrogen-bond donors (Lipinski definition) is 1. The first-order chi connectivity index (χ1) is 21.6. The summed E-state index contributed by atoms with van der Waals surface area (Å²) in [5.41, 5.74) is 8.94. The van der Waals surface area contributed by atoms with E-state index in [0.717, 1.165) is 47.0 Å². The largest absolute Gasteiger partial charge is 0.497 e. The number of ether oxygens (including phenoxy) is 4. The first-order valence-corrected chi connectivity index (χ1v) is 16.3. The van der Waals surface area contributed by atoms with Gasteiger partial charge in [-0.05, 0) is 88.4 Å². The van der Waals surface area contributed by atoms with Gasteiger partial charge < -0.3 is 24.7 Å². The third kappa shape index (κ3) is 9.20. The molecule has 1 fully saturated rings. The van der Waals surface area contributed by atoms with E-state index >= 15 is 0 Å². The van der Waals surface area contributed by atoms with Gasteiger partial charge in [-0.25, -0.2) is 4.79 Å². The molecule has 0 saturated heterocycles. The lowest BCUT2D eigenvalue weighted by atomic mass is 9.93. The second kappa shape index (κ2) is 16.1. The van der Waals surface area contributed by atoms with Crippen LogP contribution in [0.15, 0.2) is 53.0 Å². The lowest BCUT2D eigenvalue weighted by molar-refractivity contribution is -0.160. The summed E-state index contributed by atoms with van der Waals surface area (Å²) >= 11 is 3.50. The van der Waals surface area contributed by atoms with E-state index in [0.29, 0.717) is 28.3 Å². The number of rotatable bonds is 13. The van der Waals surface area contributed by atoms with Crippen LogP contribution in [0.2, 0.25) is 0 Å². The Morgan fingerprint density at radius 3 is 2.36 bits per heavy atom. The molecule has 2 N–H and O–H groups in total. The summed E-state index contributed by atoms with van der Waals surface area (Å²) in [4.78, 5) is 40.3. The predicted molar refractivity (Wildman–Crippen MR) is 177 cm³/mol. The zero-order valence-corrected chi connectivity index (χ0v) is 28.1. The zero-order valence-electron chi connectivity index (χ0n) is 26.5. The van der Waals surface area contributed by atoms with Gasteiger partial charge in [0.25, 0.3) is 0 Å². The number of fused-ring (bicyclic) bond motifs is 1. The molecule has 4 rings (SSSR count). The normalized spacial score (nSPS) is 15.0. The van der Waals surface area contributed by atoms with Crippen LogP contribution in [0.4, 0.5) is 5.69 Å². The maximum atomic E-state index is 13.1. The van der Waals surface area contributed by atoms with Crippen LogP contribution >= 0.6 is 15.9 Å². The maximum absolute atomic E-state index is 13.1. The molecular weight excluding hydrogens is 640 g/mol. The molecule has 45 heavy (non-hydrogen) atoms. The SMILES string of the molecule is CCN(Cc1cc(C(=O)OCC(COC(=O)C(C)c2ccc3cc(OC)ccc3c2)OC(C)=O)cc(Br)c1N)C1CCCCC1. The van der Waals surface area contributed by atoms with Gasteiger partial charge in [0.1, 0.15) is 19.0 Å². The zero-order chi connectivity index (χ0) is 32.5. The second-order valence-corrected chi connectivity index (χ2v) is 12.4. The average Bonchev–Trinajstić information content (AvgIpc) is 3.05. The minimum absolute atomic E-state index is 0.260. The quantitative estimate of drug-likeness (QED) is 0.118. The van der Waals surface area contributed by atoms with Crippen LogP contribution in [-0.4, -0.2) is 61.8 Å². The van der Waals surface area contributed by atoms with E-state index in [2.05, 4.69) is 27.8 Å². The monoisotopic (exact) mass is 682 g/mol. The standard InChI is InChI=1S/C35H43BrN2O7/c1-5-38(29-9-7-6-8-10-29)19-28-16-27(18-32(36)33(28)37)35(41)44-21-31(45-23(3)39)20-43-34(40)22(2)24-11-12-26-17-30(42-4)14-13-25(26)15-24/h11-18,22,29,31H,5-10,19-21,37H2,1-4H3. The Kier molecular flexibility index (Phi) is 12.2. The molecule has 3 aromatic rings. The summed E-state index contributed by atoms with van der Waals surface area (Å²) in [6.07, 6.45) is 5.08. The molecule has 1 aliphatic rings. The number of hydrogen-bond acceptors (Lipinski definition) is 9. The third-order valence-corrected chi connectivity index (χ3v) is 9.05. The Morgan fingerprint density at radius 1 is 0.978 bits per heavy atom. The van der Waals surface area contributed by atoms with Gasteiger partial charge >= 0.3 is 17.9 Å². The Bertz CT molecular complexity index is 1500. The summed E-state index contributed by atoms with van der Waals surface area (Å²) in [7, 11) is 1.61. The average molecular weight is 684 g/mol. The fourth-order valence-electron chi connectivity index (χ4n) is 5.77. The number of benzene rings is 3. The van der Waals surface area contributed by atoms with Crippen molar-refractivity contribution in [3.63, 3.8) is 0 Å². The number of esters is 3. The van der Waals surface area contributed by atoms with Crippen molar-refractivity contribution in [3.05, 3.63) is 69.7 Å². The fraction of sp³-hybridized carbons (Fsp3) is 0.457. The summed E-state index contributed by atoms with van der Waals surface area (Å²) in [6, 6.07) is 15.3. The number of methoxy groups -OCH3 is 1. The molecule has 0 aromatic heterocycles. The van der Waals surface area contributed by atoms with Crippen LogP contribution in [0.25, 0.3) is 10.8 Å². The number of nitrogen functional groups attached to an aromatic ring is 1. The molecule has 0 amide bonds. The van der Waals surface area contributed by atoms with Gasteiger partial charge in [-0.1, -0.05) is 50.5 Å². The molecule has 0 aliphatic heterocycles. The van der Waals surface area contributed by atoms with Crippen LogP contribution in [0.1, 0.15) is 80.3 Å². The topological polar surface area (TPSA) is 117 Å². The predicted octanol–water partition coefficient (Wildman–Crippen LogP) is 6.78. The highest BCUT2D eigenvalue weighted by atomic mass is 79.9. The maximum Gasteiger partial charge on any atom is 0.338 e. The van der Waals surface area contributed by atoms with Crippen LogP contribution < -0.4 is 10.5 Å². The second-order valence-electron chi connectivity index (χ2n) is 11.5. The highest BCUT2D eigenvalue weighted by molar-refractivity contribution is 9.10. The number of halogens is 1. The lowest BCUT2D eigenvalue weighted by Gasteiger charge is -2.34. The molecule has 0 spiro atoms. The van der Waals surface area contributed by atoms with Crippen molar-refractivity contribution in [1.82, 2.24) is 4.90 Å². The minimum atomic E-state index is -0.967. The Hall–Kier alpha value is -3.63. The molecule has 9 nitrogen and oxygen atoms in total. The van der Waals surface area contributed by atoms with Crippen LogP contribution in [0.3, 0.4) is 0 Å². The molecule has 2 atom stereocenters. The lowest BCUT2D eigenvalue weighted by Crippen LogP contribution is -2.36. The smallest absolute Gasteiger partial charge is 0.338 e. The van der Waals surface area contributed by atoms with Gasteiger partial charge in [0, 0.05) is 24.0 Å². The summed E-state index contributed by atoms with van der Waals surface area (Å²) in [5.74, 6) is -1.48. The summed E-state index contributed by atoms with van der Waals surface area (Å²) < 4.78 is 22.3. The molecule has 1 saturated carbocycles. The molecule has 2 unspecified atom stereocenters. The van der Waals surface area contributed by atoms with E-state index in [9.17, 15) is 14.4 Å². The van der Waals surface area contributed by atoms with Gasteiger partial charge in [0.2, 0.25) is 0 Å². The number of carbonyl (C=O) groups is 3. The van der Waals surface area contributed by atoms with Crippen molar-refractivity contribution >= 4 is 50.3 Å². The first kappa shape index (κ1) is 34.2. The van der Waals surface area contributed by atoms with E-state index in [1.807, 2.05) is 36.4 Å². The summed E-state index contributed by atoms with van der Waals surface area (Å²) in [6.45, 7) is 6.11. The van der Waals surface area contributed by atoms with Gasteiger partial charge in [0.15, 0.2) is 6.10 Å². The van der Waals surface area contributed by atoms with Gasteiger partial charge in [-0.15, -0.1) is 0 Å². The molecule has 3 aromatic carbocycles. The molecule has 10 heteroatoms. The van der Waals surface area contributed by atoms with E-state index in [1.54, 1.807) is 26.2 Å². The van der Waals surface area contributed by atoms with Crippen molar-refractivity contribution in [2.45, 2.75) is 77.5 Å². The van der Waals surface area contributed by atoms with E-state index in [1.165, 1.54) is 26.2 Å². The van der Waals surface area contributed by atoms with Crippen LogP contribution in [0.5, 0.6) is 5.75 Å². The summed E-state index contributed by atoms with van der Waals surface area (Å²) in [5, 5.41) is 1.95. The molecule has 0 heterocycles. The Labute approximate surface area is 273 Å². The number of anilines is 1. The number of carbonyl (C=O) groups excluding carboxylic acids is 3. The first-order valence-electron chi connectivity index (χ1n) is 15.5. The van der Waals surface area contributed by atoms with E-state index < -0.39 is 29.9 Å². The number of nitrogens with zero attached hydrogens (tertiary/aromatic N) is 1. The molecular formula is C35H43BrN2O7. The fourth-order valence-corrected chi connectivity index (χ4v) is 6.27. The minimum Gasteiger partial charge on any atom is -0.497 e. The Morgan fingerprint density at radius 2 is 1.67 bits per heavy atom. The van der Waals surface area contributed by atoms with Crippen molar-refractivity contribution in [2.24, 2.45) is 0 Å². The molecule has 242 valence electrons. The molecule has 1 aliphatic carbocycles. The van der Waals surface area contributed by atoms with Gasteiger partial charge in [0.05, 0.1) is 24.3 Å². The van der Waals surface area contributed by atoms with Crippen molar-refractivity contribution in [3.8, 4) is 5.75 Å². The van der Waals surface area contributed by atoms with Crippen LogP contribution in [-0.2, 0) is 30.3 Å². The van der Waals surface area contributed by atoms with Crippen molar-refractivity contribution in [2.75, 3.05) is 32.6 Å². The van der Waals surface area contributed by atoms with Crippen LogP contribution in [0, 0.1) is 0 Å².